The molecular weight excluding hydrogens is 250 g/mol. The number of aryl methyl sites for hydroxylation is 2. The third-order valence-corrected chi connectivity index (χ3v) is 4.11. The van der Waals surface area contributed by atoms with E-state index in [1.54, 1.807) is 0 Å². The van der Waals surface area contributed by atoms with Crippen LogP contribution >= 0.6 is 0 Å². The third kappa shape index (κ3) is 2.90. The van der Waals surface area contributed by atoms with Crippen molar-refractivity contribution in [2.75, 3.05) is 0 Å². The van der Waals surface area contributed by atoms with Crippen LogP contribution in [0.4, 0.5) is 0 Å². The molecule has 1 saturated carbocycles. The van der Waals surface area contributed by atoms with Crippen LogP contribution in [0.2, 0.25) is 0 Å². The molecule has 1 aromatic heterocycles. The van der Waals surface area contributed by atoms with Crippen LogP contribution in [0.5, 0.6) is 0 Å². The van der Waals surface area contributed by atoms with Gasteiger partial charge in [-0.2, -0.15) is 4.98 Å². The number of nitrogens with zero attached hydrogens (tertiary/aromatic N) is 2. The monoisotopic (exact) mass is 271 g/mol. The van der Waals surface area contributed by atoms with Crippen LogP contribution in [-0.2, 0) is 18.4 Å². The fourth-order valence-corrected chi connectivity index (χ4v) is 2.88. The number of rotatable bonds is 5. The lowest BCUT2D eigenvalue weighted by Gasteiger charge is -2.17. The molecule has 3 rings (SSSR count). The summed E-state index contributed by atoms with van der Waals surface area (Å²) in [6.45, 7) is 0. The van der Waals surface area contributed by atoms with E-state index in [2.05, 4.69) is 34.4 Å². The average Bonchev–Trinajstić information content (AvgIpc) is 3.10. The molecule has 1 aliphatic carbocycles. The first kappa shape index (κ1) is 13.3. The van der Waals surface area contributed by atoms with Gasteiger partial charge in [0.05, 0.1) is 5.54 Å². The Kier molecular flexibility index (Phi) is 3.83. The SMILES string of the molecule is NC1(c2noc(CCCc3ccccc3)n2)CCCC1. The maximum Gasteiger partial charge on any atom is 0.226 e. The quantitative estimate of drug-likeness (QED) is 0.908. The van der Waals surface area contributed by atoms with E-state index in [1.165, 1.54) is 5.56 Å². The lowest BCUT2D eigenvalue weighted by molar-refractivity contribution is 0.347. The maximum atomic E-state index is 6.33. The molecule has 2 aromatic rings. The van der Waals surface area contributed by atoms with Crippen molar-refractivity contribution in [3.63, 3.8) is 0 Å². The van der Waals surface area contributed by atoms with Gasteiger partial charge in [0.1, 0.15) is 0 Å². The van der Waals surface area contributed by atoms with Crippen molar-refractivity contribution in [3.05, 3.63) is 47.6 Å². The predicted octanol–water partition coefficient (Wildman–Crippen LogP) is 2.97. The zero-order valence-corrected chi connectivity index (χ0v) is 11.7. The van der Waals surface area contributed by atoms with Crippen molar-refractivity contribution in [2.45, 2.75) is 50.5 Å². The molecule has 4 nitrogen and oxygen atoms in total. The molecule has 0 amide bonds. The van der Waals surface area contributed by atoms with Crippen LogP contribution in [0.25, 0.3) is 0 Å². The maximum absolute atomic E-state index is 6.33. The second-order valence-electron chi connectivity index (χ2n) is 5.71. The van der Waals surface area contributed by atoms with E-state index in [1.807, 2.05) is 6.07 Å². The van der Waals surface area contributed by atoms with Gasteiger partial charge in [-0.25, -0.2) is 0 Å². The molecule has 0 saturated heterocycles. The summed E-state index contributed by atoms with van der Waals surface area (Å²) >= 11 is 0. The fraction of sp³-hybridized carbons (Fsp3) is 0.500. The molecule has 0 atom stereocenters. The molecule has 1 aliphatic rings. The fourth-order valence-electron chi connectivity index (χ4n) is 2.88. The average molecular weight is 271 g/mol. The molecule has 0 spiro atoms. The highest BCUT2D eigenvalue weighted by Gasteiger charge is 2.35. The molecule has 0 unspecified atom stereocenters. The predicted molar refractivity (Wildman–Crippen MR) is 77.1 cm³/mol. The van der Waals surface area contributed by atoms with Gasteiger partial charge in [0.2, 0.25) is 5.89 Å². The van der Waals surface area contributed by atoms with Gasteiger partial charge in [0.25, 0.3) is 0 Å². The van der Waals surface area contributed by atoms with Crippen LogP contribution in [0.15, 0.2) is 34.9 Å². The molecule has 0 radical (unpaired) electrons. The summed E-state index contributed by atoms with van der Waals surface area (Å²) in [5.41, 5.74) is 7.33. The Morgan fingerprint density at radius 1 is 1.10 bits per heavy atom. The molecule has 20 heavy (non-hydrogen) atoms. The minimum atomic E-state index is -0.346. The zero-order valence-electron chi connectivity index (χ0n) is 11.7. The molecule has 1 aromatic carbocycles. The Labute approximate surface area is 119 Å². The zero-order chi connectivity index (χ0) is 13.8. The number of hydrogen-bond acceptors (Lipinski definition) is 4. The molecular formula is C16H21N3O. The number of hydrogen-bond donors (Lipinski definition) is 1. The van der Waals surface area contributed by atoms with Gasteiger partial charge in [-0.15, -0.1) is 0 Å². The van der Waals surface area contributed by atoms with Crippen molar-refractivity contribution in [3.8, 4) is 0 Å². The summed E-state index contributed by atoms with van der Waals surface area (Å²) in [5.74, 6) is 1.41. The molecule has 2 N–H and O–H groups in total. The highest BCUT2D eigenvalue weighted by Crippen LogP contribution is 2.34. The van der Waals surface area contributed by atoms with E-state index in [9.17, 15) is 0 Å². The van der Waals surface area contributed by atoms with Gasteiger partial charge in [0.15, 0.2) is 5.82 Å². The number of aromatic nitrogens is 2. The lowest BCUT2D eigenvalue weighted by atomic mass is 9.99. The molecule has 0 aliphatic heterocycles. The van der Waals surface area contributed by atoms with E-state index < -0.39 is 0 Å². The van der Waals surface area contributed by atoms with E-state index in [-0.39, 0.29) is 5.54 Å². The molecule has 1 fully saturated rings. The van der Waals surface area contributed by atoms with Crippen LogP contribution in [0.3, 0.4) is 0 Å². The minimum Gasteiger partial charge on any atom is -0.339 e. The highest BCUT2D eigenvalue weighted by molar-refractivity contribution is 5.14. The Balaban J connectivity index is 1.55. The summed E-state index contributed by atoms with van der Waals surface area (Å²) in [6, 6.07) is 10.5. The minimum absolute atomic E-state index is 0.346. The topological polar surface area (TPSA) is 64.9 Å². The van der Waals surface area contributed by atoms with Crippen molar-refractivity contribution < 1.29 is 4.52 Å². The van der Waals surface area contributed by atoms with Gasteiger partial charge in [-0.3, -0.25) is 0 Å². The molecule has 1 heterocycles. The van der Waals surface area contributed by atoms with Gasteiger partial charge in [0, 0.05) is 6.42 Å². The van der Waals surface area contributed by atoms with Gasteiger partial charge >= 0.3 is 0 Å². The van der Waals surface area contributed by atoms with Crippen molar-refractivity contribution >= 4 is 0 Å². The highest BCUT2D eigenvalue weighted by atomic mass is 16.5. The van der Waals surface area contributed by atoms with E-state index in [4.69, 9.17) is 10.3 Å². The number of nitrogens with two attached hydrogens (primary N) is 1. The second kappa shape index (κ2) is 5.75. The van der Waals surface area contributed by atoms with E-state index in [0.29, 0.717) is 11.7 Å². The largest absolute Gasteiger partial charge is 0.339 e. The van der Waals surface area contributed by atoms with Crippen LogP contribution in [-0.4, -0.2) is 10.1 Å². The first-order valence-corrected chi connectivity index (χ1v) is 7.42. The first-order valence-electron chi connectivity index (χ1n) is 7.42. The van der Waals surface area contributed by atoms with Crippen molar-refractivity contribution in [1.29, 1.82) is 0 Å². The smallest absolute Gasteiger partial charge is 0.226 e. The molecule has 4 heteroatoms. The standard InChI is InChI=1S/C16H21N3O/c17-16(11-4-5-12-16)15-18-14(20-19-15)10-6-9-13-7-2-1-3-8-13/h1-3,7-8H,4-6,9-12,17H2. The second-order valence-corrected chi connectivity index (χ2v) is 5.71. The van der Waals surface area contributed by atoms with Crippen molar-refractivity contribution in [1.82, 2.24) is 10.1 Å². The molecule has 106 valence electrons. The lowest BCUT2D eigenvalue weighted by Crippen LogP contribution is -2.34. The first-order chi connectivity index (χ1) is 9.76. The van der Waals surface area contributed by atoms with Gasteiger partial charge in [-0.1, -0.05) is 48.3 Å². The van der Waals surface area contributed by atoms with Crippen LogP contribution < -0.4 is 5.73 Å². The Morgan fingerprint density at radius 2 is 1.85 bits per heavy atom. The Bertz CT molecular complexity index is 544. The summed E-state index contributed by atoms with van der Waals surface area (Å²) in [5, 5.41) is 4.08. The molecule has 0 bridgehead atoms. The van der Waals surface area contributed by atoms with Gasteiger partial charge < -0.3 is 10.3 Å². The van der Waals surface area contributed by atoms with Crippen LogP contribution in [0, 0.1) is 0 Å². The Morgan fingerprint density at radius 3 is 2.60 bits per heavy atom. The van der Waals surface area contributed by atoms with Gasteiger partial charge in [-0.05, 0) is 31.2 Å². The summed E-state index contributed by atoms with van der Waals surface area (Å²) in [4.78, 5) is 4.49. The Hall–Kier alpha value is -1.68. The van der Waals surface area contributed by atoms with E-state index >= 15 is 0 Å². The summed E-state index contributed by atoms with van der Waals surface area (Å²) in [7, 11) is 0. The van der Waals surface area contributed by atoms with Crippen molar-refractivity contribution in [2.24, 2.45) is 5.73 Å². The summed E-state index contributed by atoms with van der Waals surface area (Å²) in [6.07, 6.45) is 7.13. The normalized spacial score (nSPS) is 17.4. The summed E-state index contributed by atoms with van der Waals surface area (Å²) < 4.78 is 5.34. The third-order valence-electron chi connectivity index (χ3n) is 4.11. The number of benzene rings is 1. The van der Waals surface area contributed by atoms with Crippen LogP contribution in [0.1, 0.15) is 49.4 Å². The van der Waals surface area contributed by atoms with E-state index in [0.717, 1.165) is 44.9 Å².